The summed E-state index contributed by atoms with van der Waals surface area (Å²) >= 11 is 1.83. The average molecular weight is 494 g/mol. The number of urea groups is 1. The molecule has 0 saturated carbocycles. The van der Waals surface area contributed by atoms with E-state index in [-0.39, 0.29) is 30.4 Å². The van der Waals surface area contributed by atoms with E-state index in [4.69, 9.17) is 15.2 Å². The number of imidazole rings is 1. The van der Waals surface area contributed by atoms with Crippen molar-refractivity contribution in [1.29, 1.82) is 0 Å². The van der Waals surface area contributed by atoms with Crippen LogP contribution in [0.1, 0.15) is 31.9 Å². The van der Waals surface area contributed by atoms with Crippen LogP contribution in [0.25, 0.3) is 11.2 Å². The fourth-order valence-corrected chi connectivity index (χ4v) is 6.29. The van der Waals surface area contributed by atoms with Gasteiger partial charge in [0.15, 0.2) is 23.8 Å². The number of thioether (sulfide) groups is 1. The van der Waals surface area contributed by atoms with Gasteiger partial charge < -0.3 is 36.1 Å². The van der Waals surface area contributed by atoms with Crippen LogP contribution in [0, 0.1) is 0 Å². The van der Waals surface area contributed by atoms with E-state index in [1.165, 1.54) is 17.2 Å². The molecule has 34 heavy (non-hydrogen) atoms. The lowest BCUT2D eigenvalue weighted by Gasteiger charge is -2.22. The van der Waals surface area contributed by atoms with Crippen LogP contribution in [0.4, 0.5) is 10.6 Å². The number of ether oxygens (including phenoxy) is 2. The van der Waals surface area contributed by atoms with Crippen LogP contribution < -0.4 is 16.4 Å². The van der Waals surface area contributed by atoms with Crippen molar-refractivity contribution in [3.8, 4) is 0 Å². The highest BCUT2D eigenvalue weighted by molar-refractivity contribution is 8.00. The topological polar surface area (TPSA) is 187 Å². The highest BCUT2D eigenvalue weighted by Crippen LogP contribution is 2.35. The summed E-state index contributed by atoms with van der Waals surface area (Å²) in [5.74, 6) is 0.611. The number of carbonyl (C=O) groups is 2. The summed E-state index contributed by atoms with van der Waals surface area (Å²) in [6.07, 6.45) is 1.06. The molecule has 0 bridgehead atoms. The van der Waals surface area contributed by atoms with Crippen LogP contribution in [0.15, 0.2) is 12.7 Å². The summed E-state index contributed by atoms with van der Waals surface area (Å²) in [5, 5.41) is 26.4. The van der Waals surface area contributed by atoms with Gasteiger partial charge in [0, 0.05) is 17.4 Å². The monoisotopic (exact) mass is 493 g/mol. The van der Waals surface area contributed by atoms with Crippen LogP contribution in [-0.4, -0.2) is 89.7 Å². The number of hydrogen-bond donors (Lipinski definition) is 5. The normalized spacial score (nSPS) is 32.5. The highest BCUT2D eigenvalue weighted by Gasteiger charge is 2.47. The van der Waals surface area contributed by atoms with Crippen molar-refractivity contribution in [2.75, 3.05) is 18.1 Å². The number of nitrogen functional groups attached to an aromatic ring is 1. The molecule has 14 heteroatoms. The molecule has 3 aliphatic rings. The van der Waals surface area contributed by atoms with Gasteiger partial charge in [0.2, 0.25) is 0 Å². The molecule has 4 unspecified atom stereocenters. The summed E-state index contributed by atoms with van der Waals surface area (Å²) in [7, 11) is 0. The van der Waals surface area contributed by atoms with E-state index < -0.39 is 37.1 Å². The Hall–Kier alpha value is -2.68. The van der Waals surface area contributed by atoms with Gasteiger partial charge in [0.25, 0.3) is 0 Å². The number of aromatic nitrogens is 4. The minimum Gasteiger partial charge on any atom is -0.455 e. The zero-order chi connectivity index (χ0) is 23.8. The van der Waals surface area contributed by atoms with E-state index in [1.54, 1.807) is 0 Å². The molecule has 2 aromatic heterocycles. The van der Waals surface area contributed by atoms with Gasteiger partial charge in [-0.15, -0.1) is 0 Å². The fourth-order valence-electron chi connectivity index (χ4n) is 4.74. The number of unbranched alkanes of at least 4 members (excludes halogenated alkanes) is 1. The van der Waals surface area contributed by atoms with Gasteiger partial charge in [0.05, 0.1) is 25.0 Å². The van der Waals surface area contributed by atoms with Crippen LogP contribution in [0.5, 0.6) is 0 Å². The van der Waals surface area contributed by atoms with Gasteiger partial charge in [-0.3, -0.25) is 9.36 Å². The van der Waals surface area contributed by atoms with E-state index in [0.717, 1.165) is 18.6 Å². The van der Waals surface area contributed by atoms with E-state index >= 15 is 0 Å². The molecule has 5 heterocycles. The summed E-state index contributed by atoms with van der Waals surface area (Å²) in [4.78, 5) is 36.4. The maximum atomic E-state index is 12.6. The molecule has 184 valence electrons. The smallest absolute Gasteiger partial charge is 0.315 e. The Labute approximate surface area is 198 Å². The maximum absolute atomic E-state index is 12.6. The molecular formula is C20H27N7O6S. The Kier molecular flexibility index (Phi) is 6.46. The molecular weight excluding hydrogens is 466 g/mol. The molecule has 3 aliphatic heterocycles. The Morgan fingerprint density at radius 1 is 1.32 bits per heavy atom. The number of aliphatic hydroxyl groups is 2. The molecule has 13 nitrogen and oxygen atoms in total. The van der Waals surface area contributed by atoms with Gasteiger partial charge in [-0.2, -0.15) is 11.8 Å². The minimum atomic E-state index is -1.22. The van der Waals surface area contributed by atoms with E-state index in [1.807, 2.05) is 11.8 Å². The van der Waals surface area contributed by atoms with Crippen molar-refractivity contribution in [3.05, 3.63) is 12.7 Å². The Bertz CT molecular complexity index is 1070. The number of nitrogens with two attached hydrogens (primary N) is 1. The zero-order valence-electron chi connectivity index (χ0n) is 18.2. The molecule has 3 saturated heterocycles. The molecule has 0 spiro atoms. The van der Waals surface area contributed by atoms with Crippen LogP contribution in [0.2, 0.25) is 0 Å². The number of fused-ring (bicyclic) bond motifs is 2. The van der Waals surface area contributed by atoms with Crippen molar-refractivity contribution < 1.29 is 29.3 Å². The first-order valence-corrected chi connectivity index (χ1v) is 12.3. The number of rotatable bonds is 8. The summed E-state index contributed by atoms with van der Waals surface area (Å²) < 4.78 is 12.9. The number of aliphatic hydroxyl groups excluding tert-OH is 2. The zero-order valence-corrected chi connectivity index (χ0v) is 19.1. The Morgan fingerprint density at radius 2 is 2.18 bits per heavy atom. The fraction of sp³-hybridized carbons (Fsp3) is 0.650. The van der Waals surface area contributed by atoms with Crippen LogP contribution in [0.3, 0.4) is 0 Å². The largest absolute Gasteiger partial charge is 0.455 e. The maximum Gasteiger partial charge on any atom is 0.315 e. The Balaban J connectivity index is 1.18. The molecule has 0 aromatic carbocycles. The van der Waals surface area contributed by atoms with Crippen molar-refractivity contribution in [3.63, 3.8) is 0 Å². The molecule has 2 amide bonds. The number of amides is 2. The van der Waals surface area contributed by atoms with Crippen LogP contribution >= 0.6 is 11.8 Å². The SMILES string of the molecule is Nc1ncnc2c1ncn2C1OC(CO)C(O)C1OC(=O)CCCC[C@@H]1SC[C@@H]2NC(=O)N[C@@H]21. The van der Waals surface area contributed by atoms with Gasteiger partial charge in [0.1, 0.15) is 24.1 Å². The lowest BCUT2D eigenvalue weighted by atomic mass is 10.0. The number of carbonyl (C=O) groups excluding carboxylic acids is 2. The van der Waals surface area contributed by atoms with Gasteiger partial charge in [-0.25, -0.2) is 19.7 Å². The summed E-state index contributed by atoms with van der Waals surface area (Å²) in [5.41, 5.74) is 6.57. The van der Waals surface area contributed by atoms with E-state index in [2.05, 4.69) is 25.6 Å². The molecule has 6 N–H and O–H groups in total. The Morgan fingerprint density at radius 3 is 3.00 bits per heavy atom. The molecule has 7 atom stereocenters. The number of esters is 1. The summed E-state index contributed by atoms with van der Waals surface area (Å²) in [6, 6.07) is 0.193. The predicted octanol–water partition coefficient (Wildman–Crippen LogP) is -0.703. The van der Waals surface area contributed by atoms with Crippen molar-refractivity contribution in [2.24, 2.45) is 0 Å². The van der Waals surface area contributed by atoms with Gasteiger partial charge in [-0.1, -0.05) is 6.42 Å². The second-order valence-corrected chi connectivity index (χ2v) is 9.92. The second kappa shape index (κ2) is 9.52. The quantitative estimate of drug-likeness (QED) is 0.178. The second-order valence-electron chi connectivity index (χ2n) is 8.64. The molecule has 2 aromatic rings. The third-order valence-corrected chi connectivity index (χ3v) is 7.99. The number of nitrogens with zero attached hydrogens (tertiary/aromatic N) is 4. The lowest BCUT2D eigenvalue weighted by molar-refractivity contribution is -0.158. The molecule has 3 fully saturated rings. The van der Waals surface area contributed by atoms with E-state index in [9.17, 15) is 19.8 Å². The van der Waals surface area contributed by atoms with Gasteiger partial charge in [-0.05, 0) is 12.8 Å². The lowest BCUT2D eigenvalue weighted by Crippen LogP contribution is -2.37. The van der Waals surface area contributed by atoms with Crippen molar-refractivity contribution >= 4 is 40.7 Å². The molecule has 5 rings (SSSR count). The molecule has 0 radical (unpaired) electrons. The van der Waals surface area contributed by atoms with Crippen molar-refractivity contribution in [1.82, 2.24) is 30.2 Å². The standard InChI is InChI=1S/C20H27N7O6S/c21-17-14-18(23-7-22-17)27(8-24-14)19-16(15(30)10(5-28)32-19)33-12(29)4-2-1-3-11-13-9(6-34-11)25-20(31)26-13/h7-11,13,15-16,19,28,30H,1-6H2,(H2,21,22,23)(H2,25,26,31)/t9-,10?,11-,13-,15?,16?,19?/m0/s1. The number of hydrogen-bond acceptors (Lipinski definition) is 11. The van der Waals surface area contributed by atoms with Crippen molar-refractivity contribution in [2.45, 2.75) is 67.6 Å². The highest BCUT2D eigenvalue weighted by atomic mass is 32.2. The summed E-state index contributed by atoms with van der Waals surface area (Å²) in [6.45, 7) is -0.442. The molecule has 0 aliphatic carbocycles. The first-order chi connectivity index (χ1) is 16.5. The first-order valence-electron chi connectivity index (χ1n) is 11.2. The van der Waals surface area contributed by atoms with Crippen LogP contribution in [-0.2, 0) is 14.3 Å². The minimum absolute atomic E-state index is 0.114. The van der Waals surface area contributed by atoms with E-state index in [0.29, 0.717) is 22.8 Å². The predicted molar refractivity (Wildman–Crippen MR) is 121 cm³/mol. The first kappa shape index (κ1) is 23.1. The number of nitrogens with one attached hydrogen (secondary N) is 2. The van der Waals surface area contributed by atoms with Gasteiger partial charge >= 0.3 is 12.0 Å². The average Bonchev–Trinajstić information content (AvgIpc) is 3.56. The number of anilines is 1. The third-order valence-electron chi connectivity index (χ3n) is 6.48. The third kappa shape index (κ3) is 4.26.